The number of halogens is 1. The minimum absolute atomic E-state index is 0.381. The molecule has 0 radical (unpaired) electrons. The van der Waals surface area contributed by atoms with Gasteiger partial charge in [-0.05, 0) is 65.5 Å². The highest BCUT2D eigenvalue weighted by Crippen LogP contribution is 2.27. The zero-order valence-corrected chi connectivity index (χ0v) is 9.97. The molecule has 2 N–H and O–H groups in total. The Morgan fingerprint density at radius 3 is 3.00 bits per heavy atom. The van der Waals surface area contributed by atoms with Crippen molar-refractivity contribution in [2.75, 3.05) is 0 Å². The summed E-state index contributed by atoms with van der Waals surface area (Å²) in [5.74, 6) is 0. The maximum absolute atomic E-state index is 5.94. The van der Waals surface area contributed by atoms with Crippen LogP contribution in [-0.2, 0) is 12.8 Å². The number of fused-ring (bicyclic) bond motifs is 1. The van der Waals surface area contributed by atoms with E-state index in [1.807, 2.05) is 0 Å². The molecule has 0 heterocycles. The first kappa shape index (κ1) is 9.46. The van der Waals surface area contributed by atoms with Gasteiger partial charge in [0.2, 0.25) is 0 Å². The average Bonchev–Trinajstić information content (AvgIpc) is 2.12. The molecular formula is C11H14IN. The van der Waals surface area contributed by atoms with Crippen LogP contribution < -0.4 is 5.73 Å². The van der Waals surface area contributed by atoms with E-state index < -0.39 is 0 Å². The molecule has 0 aliphatic heterocycles. The Morgan fingerprint density at radius 2 is 2.23 bits per heavy atom. The van der Waals surface area contributed by atoms with Gasteiger partial charge in [-0.2, -0.15) is 0 Å². The summed E-state index contributed by atoms with van der Waals surface area (Å²) in [7, 11) is 0. The number of aryl methyl sites for hydroxylation is 1. The highest BCUT2D eigenvalue weighted by Gasteiger charge is 2.17. The predicted molar refractivity (Wildman–Crippen MR) is 63.9 cm³/mol. The molecule has 1 aromatic carbocycles. The van der Waals surface area contributed by atoms with Crippen molar-refractivity contribution in [3.8, 4) is 0 Å². The predicted octanol–water partition coefficient (Wildman–Crippen LogP) is 2.42. The minimum Gasteiger partial charge on any atom is -0.327 e. The van der Waals surface area contributed by atoms with Crippen molar-refractivity contribution in [1.82, 2.24) is 0 Å². The monoisotopic (exact) mass is 287 g/mol. The molecule has 1 aromatic rings. The van der Waals surface area contributed by atoms with Crippen molar-refractivity contribution >= 4 is 22.6 Å². The number of rotatable bonds is 0. The SMILES string of the molecule is Cc1ccc2c(c1I)CCC(N)C2. The third kappa shape index (κ3) is 1.74. The first-order valence-corrected chi connectivity index (χ1v) is 5.79. The smallest absolute Gasteiger partial charge is 0.0194 e. The first-order valence-electron chi connectivity index (χ1n) is 4.71. The van der Waals surface area contributed by atoms with Crippen LogP contribution in [0.4, 0.5) is 0 Å². The van der Waals surface area contributed by atoms with Crippen molar-refractivity contribution in [3.63, 3.8) is 0 Å². The normalized spacial score (nSPS) is 21.3. The van der Waals surface area contributed by atoms with E-state index in [9.17, 15) is 0 Å². The average molecular weight is 287 g/mol. The molecule has 1 aliphatic carbocycles. The summed E-state index contributed by atoms with van der Waals surface area (Å²) >= 11 is 2.45. The fraction of sp³-hybridized carbons (Fsp3) is 0.455. The summed E-state index contributed by atoms with van der Waals surface area (Å²) in [6.07, 6.45) is 3.37. The highest BCUT2D eigenvalue weighted by molar-refractivity contribution is 14.1. The summed E-state index contributed by atoms with van der Waals surface area (Å²) in [5.41, 5.74) is 10.3. The van der Waals surface area contributed by atoms with Crippen LogP contribution in [0.2, 0.25) is 0 Å². The Hall–Kier alpha value is -0.0900. The standard InChI is InChI=1S/C11H14IN/c1-7-2-3-8-6-9(13)4-5-10(8)11(7)12/h2-3,9H,4-6,13H2,1H3. The topological polar surface area (TPSA) is 26.0 Å². The highest BCUT2D eigenvalue weighted by atomic mass is 127. The summed E-state index contributed by atoms with van der Waals surface area (Å²) in [5, 5.41) is 0. The van der Waals surface area contributed by atoms with Crippen molar-refractivity contribution < 1.29 is 0 Å². The summed E-state index contributed by atoms with van der Waals surface area (Å²) in [6.45, 7) is 2.18. The number of benzene rings is 1. The molecule has 1 unspecified atom stereocenters. The van der Waals surface area contributed by atoms with Crippen LogP contribution in [0.25, 0.3) is 0 Å². The quantitative estimate of drug-likeness (QED) is 0.729. The van der Waals surface area contributed by atoms with Crippen LogP contribution in [0.1, 0.15) is 23.1 Å². The molecule has 0 saturated heterocycles. The molecule has 70 valence electrons. The number of nitrogens with two attached hydrogens (primary N) is 1. The van der Waals surface area contributed by atoms with E-state index in [-0.39, 0.29) is 0 Å². The molecule has 0 fully saturated rings. The van der Waals surface area contributed by atoms with Crippen LogP contribution in [0.5, 0.6) is 0 Å². The van der Waals surface area contributed by atoms with Crippen molar-refractivity contribution in [2.24, 2.45) is 5.73 Å². The molecule has 0 spiro atoms. The maximum atomic E-state index is 5.94. The van der Waals surface area contributed by atoms with Crippen LogP contribution in [0, 0.1) is 10.5 Å². The van der Waals surface area contributed by atoms with Gasteiger partial charge in [-0.25, -0.2) is 0 Å². The molecule has 0 bridgehead atoms. The molecule has 0 amide bonds. The van der Waals surface area contributed by atoms with Gasteiger partial charge in [-0.3, -0.25) is 0 Å². The van der Waals surface area contributed by atoms with Crippen LogP contribution in [0.15, 0.2) is 12.1 Å². The molecule has 0 saturated carbocycles. The van der Waals surface area contributed by atoms with Gasteiger partial charge in [0.05, 0.1) is 0 Å². The summed E-state index contributed by atoms with van der Waals surface area (Å²) in [6, 6.07) is 4.83. The van der Waals surface area contributed by atoms with Crippen molar-refractivity contribution in [2.45, 2.75) is 32.2 Å². The van der Waals surface area contributed by atoms with E-state index in [0.29, 0.717) is 6.04 Å². The van der Waals surface area contributed by atoms with Crippen LogP contribution >= 0.6 is 22.6 Å². The zero-order chi connectivity index (χ0) is 9.42. The van der Waals surface area contributed by atoms with Gasteiger partial charge in [-0.15, -0.1) is 0 Å². The summed E-state index contributed by atoms with van der Waals surface area (Å²) in [4.78, 5) is 0. The molecule has 13 heavy (non-hydrogen) atoms. The Balaban J connectivity index is 2.47. The molecule has 0 aromatic heterocycles. The van der Waals surface area contributed by atoms with E-state index in [4.69, 9.17) is 5.73 Å². The van der Waals surface area contributed by atoms with Crippen molar-refractivity contribution in [1.29, 1.82) is 0 Å². The van der Waals surface area contributed by atoms with E-state index in [2.05, 4.69) is 41.6 Å². The third-order valence-electron chi connectivity index (χ3n) is 2.78. The van der Waals surface area contributed by atoms with E-state index in [1.165, 1.54) is 14.7 Å². The largest absolute Gasteiger partial charge is 0.327 e. The van der Waals surface area contributed by atoms with Gasteiger partial charge < -0.3 is 5.73 Å². The van der Waals surface area contributed by atoms with Crippen LogP contribution in [0.3, 0.4) is 0 Å². The first-order chi connectivity index (χ1) is 6.18. The Morgan fingerprint density at radius 1 is 1.46 bits per heavy atom. The fourth-order valence-electron chi connectivity index (χ4n) is 1.95. The number of hydrogen-bond donors (Lipinski definition) is 1. The zero-order valence-electron chi connectivity index (χ0n) is 7.81. The van der Waals surface area contributed by atoms with Gasteiger partial charge in [0.25, 0.3) is 0 Å². The lowest BCUT2D eigenvalue weighted by atomic mass is 9.88. The lowest BCUT2D eigenvalue weighted by Crippen LogP contribution is -2.28. The van der Waals surface area contributed by atoms with Crippen LogP contribution in [-0.4, -0.2) is 6.04 Å². The molecule has 1 aliphatic rings. The van der Waals surface area contributed by atoms with Gasteiger partial charge in [0, 0.05) is 9.61 Å². The summed E-state index contributed by atoms with van der Waals surface area (Å²) < 4.78 is 1.45. The third-order valence-corrected chi connectivity index (χ3v) is 4.28. The lowest BCUT2D eigenvalue weighted by molar-refractivity contribution is 0.574. The second-order valence-electron chi connectivity index (χ2n) is 3.84. The molecule has 2 heteroatoms. The molecular weight excluding hydrogens is 273 g/mol. The Labute approximate surface area is 92.9 Å². The maximum Gasteiger partial charge on any atom is 0.0194 e. The molecule has 2 rings (SSSR count). The van der Waals surface area contributed by atoms with Gasteiger partial charge in [0.1, 0.15) is 0 Å². The Kier molecular flexibility index (Phi) is 2.60. The van der Waals surface area contributed by atoms with E-state index >= 15 is 0 Å². The van der Waals surface area contributed by atoms with E-state index in [0.717, 1.165) is 19.3 Å². The second-order valence-corrected chi connectivity index (χ2v) is 4.92. The minimum atomic E-state index is 0.381. The van der Waals surface area contributed by atoms with Crippen molar-refractivity contribution in [3.05, 3.63) is 32.4 Å². The molecule has 1 nitrogen and oxygen atoms in total. The second kappa shape index (κ2) is 3.58. The van der Waals surface area contributed by atoms with Gasteiger partial charge in [0.15, 0.2) is 0 Å². The number of hydrogen-bond acceptors (Lipinski definition) is 1. The Bertz CT molecular complexity index is 333. The van der Waals surface area contributed by atoms with E-state index in [1.54, 1.807) is 5.56 Å². The fourth-order valence-corrected chi connectivity index (χ4v) is 2.75. The van der Waals surface area contributed by atoms with Gasteiger partial charge >= 0.3 is 0 Å². The lowest BCUT2D eigenvalue weighted by Gasteiger charge is -2.23. The van der Waals surface area contributed by atoms with Gasteiger partial charge in [-0.1, -0.05) is 12.1 Å². The molecule has 1 atom stereocenters.